The lowest BCUT2D eigenvalue weighted by Crippen LogP contribution is -2.21. The summed E-state index contributed by atoms with van der Waals surface area (Å²) in [7, 11) is 1.91. The summed E-state index contributed by atoms with van der Waals surface area (Å²) in [4.78, 5) is 0. The molecule has 0 aliphatic heterocycles. The van der Waals surface area contributed by atoms with Crippen molar-refractivity contribution in [1.82, 2.24) is 14.8 Å². The normalized spacial score (nSPS) is 12.2. The Bertz CT molecular complexity index is 957. The van der Waals surface area contributed by atoms with Crippen LogP contribution in [-0.2, 0) is 7.05 Å². The van der Waals surface area contributed by atoms with Gasteiger partial charge in [0.05, 0.1) is 6.10 Å². The minimum atomic E-state index is -0.611. The summed E-state index contributed by atoms with van der Waals surface area (Å²) in [5.74, 6) is 2.08. The van der Waals surface area contributed by atoms with Crippen molar-refractivity contribution >= 4 is 23.4 Å². The second-order valence-electron chi connectivity index (χ2n) is 6.80. The molecule has 3 aromatic rings. The van der Waals surface area contributed by atoms with Crippen molar-refractivity contribution in [2.24, 2.45) is 7.05 Å². The number of aryl methyl sites for hydroxylation is 2. The highest BCUT2D eigenvalue weighted by Gasteiger charge is 2.15. The Morgan fingerprint density at radius 3 is 2.46 bits per heavy atom. The van der Waals surface area contributed by atoms with Gasteiger partial charge in [0.25, 0.3) is 0 Å². The van der Waals surface area contributed by atoms with E-state index in [0.717, 1.165) is 33.4 Å². The van der Waals surface area contributed by atoms with Crippen LogP contribution in [0.1, 0.15) is 16.7 Å². The van der Waals surface area contributed by atoms with Crippen molar-refractivity contribution in [2.75, 3.05) is 12.4 Å². The van der Waals surface area contributed by atoms with E-state index in [1.54, 1.807) is 0 Å². The first kappa shape index (κ1) is 20.7. The first-order chi connectivity index (χ1) is 13.4. The monoisotopic (exact) mass is 417 g/mol. The zero-order chi connectivity index (χ0) is 20.3. The topological polar surface area (TPSA) is 60.2 Å². The van der Waals surface area contributed by atoms with Gasteiger partial charge in [-0.25, -0.2) is 0 Å². The molecule has 3 rings (SSSR count). The van der Waals surface area contributed by atoms with Crippen molar-refractivity contribution in [3.8, 4) is 17.1 Å². The van der Waals surface area contributed by atoms with Crippen molar-refractivity contribution in [2.45, 2.75) is 32.0 Å². The van der Waals surface area contributed by atoms with E-state index in [1.807, 2.05) is 55.8 Å². The van der Waals surface area contributed by atoms with Gasteiger partial charge in [-0.05, 0) is 61.7 Å². The minimum Gasteiger partial charge on any atom is -0.490 e. The zero-order valence-electron chi connectivity index (χ0n) is 16.4. The fourth-order valence-corrected chi connectivity index (χ4v) is 3.78. The number of thioether (sulfide) groups is 1. The minimum absolute atomic E-state index is 0.236. The standard InChI is InChI=1S/C21H24ClN3O2S/c1-13-5-6-14(2)19(15(13)3)27-11-18(26)12-28-21-24-23-20(25(21)4)16-7-9-17(22)10-8-16/h5-10,18,26H,11-12H2,1-4H3/t18-/m0/s1. The molecule has 0 amide bonds. The number of hydrogen-bond acceptors (Lipinski definition) is 5. The van der Waals surface area contributed by atoms with Crippen LogP contribution in [0.25, 0.3) is 11.4 Å². The van der Waals surface area contributed by atoms with E-state index in [0.29, 0.717) is 10.8 Å². The van der Waals surface area contributed by atoms with Gasteiger partial charge in [0.15, 0.2) is 11.0 Å². The number of aliphatic hydroxyl groups is 1. The van der Waals surface area contributed by atoms with E-state index in [9.17, 15) is 5.11 Å². The molecular formula is C21H24ClN3O2S. The molecule has 148 valence electrons. The van der Waals surface area contributed by atoms with E-state index >= 15 is 0 Å². The first-order valence-electron chi connectivity index (χ1n) is 9.02. The predicted molar refractivity (Wildman–Crippen MR) is 114 cm³/mol. The molecule has 0 radical (unpaired) electrons. The van der Waals surface area contributed by atoms with E-state index in [2.05, 4.69) is 23.2 Å². The Balaban J connectivity index is 1.59. The van der Waals surface area contributed by atoms with Gasteiger partial charge in [-0.3, -0.25) is 0 Å². The molecule has 7 heteroatoms. The van der Waals surface area contributed by atoms with Crippen LogP contribution in [-0.4, -0.2) is 38.3 Å². The summed E-state index contributed by atoms with van der Waals surface area (Å²) in [5, 5.41) is 20.3. The van der Waals surface area contributed by atoms with Gasteiger partial charge in [-0.2, -0.15) is 0 Å². The first-order valence-corrected chi connectivity index (χ1v) is 10.4. The Morgan fingerprint density at radius 2 is 1.75 bits per heavy atom. The van der Waals surface area contributed by atoms with Crippen LogP contribution in [0.2, 0.25) is 5.02 Å². The van der Waals surface area contributed by atoms with Crippen LogP contribution in [0.4, 0.5) is 0 Å². The lowest BCUT2D eigenvalue weighted by Gasteiger charge is -2.16. The van der Waals surface area contributed by atoms with Gasteiger partial charge in [0.1, 0.15) is 12.4 Å². The number of aliphatic hydroxyl groups excluding tert-OH is 1. The van der Waals surface area contributed by atoms with Crippen LogP contribution in [0, 0.1) is 20.8 Å². The molecule has 0 fully saturated rings. The third-order valence-corrected chi connectivity index (χ3v) is 6.05. The Morgan fingerprint density at radius 1 is 1.07 bits per heavy atom. The maximum atomic E-state index is 10.4. The molecule has 1 N–H and O–H groups in total. The summed E-state index contributed by atoms with van der Waals surface area (Å²) in [6.07, 6.45) is -0.611. The number of aromatic nitrogens is 3. The molecular weight excluding hydrogens is 394 g/mol. The maximum absolute atomic E-state index is 10.4. The SMILES string of the molecule is Cc1ccc(C)c(OC[C@H](O)CSc2nnc(-c3ccc(Cl)cc3)n2C)c1C. The summed E-state index contributed by atoms with van der Waals surface area (Å²) < 4.78 is 7.81. The van der Waals surface area contributed by atoms with E-state index < -0.39 is 6.10 Å². The van der Waals surface area contributed by atoms with Crippen molar-refractivity contribution in [3.05, 3.63) is 58.1 Å². The molecule has 0 saturated heterocycles. The van der Waals surface area contributed by atoms with Gasteiger partial charge in [-0.15, -0.1) is 10.2 Å². The van der Waals surface area contributed by atoms with Gasteiger partial charge < -0.3 is 14.4 Å². The molecule has 2 aromatic carbocycles. The lowest BCUT2D eigenvalue weighted by molar-refractivity contribution is 0.125. The molecule has 0 aliphatic carbocycles. The summed E-state index contributed by atoms with van der Waals surface area (Å²) >= 11 is 7.40. The van der Waals surface area contributed by atoms with Gasteiger partial charge in [-0.1, -0.05) is 35.5 Å². The molecule has 0 unspecified atom stereocenters. The molecule has 1 aromatic heterocycles. The highest BCUT2D eigenvalue weighted by Crippen LogP contribution is 2.27. The zero-order valence-corrected chi connectivity index (χ0v) is 18.0. The van der Waals surface area contributed by atoms with Crippen LogP contribution in [0.15, 0.2) is 41.6 Å². The third kappa shape index (κ3) is 4.69. The smallest absolute Gasteiger partial charge is 0.191 e. The number of ether oxygens (including phenoxy) is 1. The maximum Gasteiger partial charge on any atom is 0.191 e. The molecule has 1 atom stereocenters. The van der Waals surface area contributed by atoms with Crippen molar-refractivity contribution < 1.29 is 9.84 Å². The highest BCUT2D eigenvalue weighted by molar-refractivity contribution is 7.99. The Kier molecular flexibility index (Phi) is 6.65. The molecule has 0 bridgehead atoms. The van der Waals surface area contributed by atoms with E-state index in [1.165, 1.54) is 17.3 Å². The van der Waals surface area contributed by atoms with Crippen LogP contribution in [0.5, 0.6) is 5.75 Å². The van der Waals surface area contributed by atoms with Crippen molar-refractivity contribution in [3.63, 3.8) is 0 Å². The molecule has 0 aliphatic rings. The Labute approximate surface area is 174 Å². The highest BCUT2D eigenvalue weighted by atomic mass is 35.5. The number of rotatable bonds is 7. The molecule has 5 nitrogen and oxygen atoms in total. The van der Waals surface area contributed by atoms with Crippen LogP contribution in [0.3, 0.4) is 0 Å². The average Bonchev–Trinajstić information content (AvgIpc) is 3.04. The summed E-state index contributed by atoms with van der Waals surface area (Å²) in [5.41, 5.74) is 4.31. The van der Waals surface area contributed by atoms with Crippen LogP contribution >= 0.6 is 23.4 Å². The fraction of sp³-hybridized carbons (Fsp3) is 0.333. The molecule has 0 saturated carbocycles. The average molecular weight is 418 g/mol. The molecule has 1 heterocycles. The van der Waals surface area contributed by atoms with Crippen LogP contribution < -0.4 is 4.74 Å². The molecule has 0 spiro atoms. The predicted octanol–water partition coefficient (Wildman–Crippen LogP) is 4.59. The fourth-order valence-electron chi connectivity index (χ4n) is 2.84. The van der Waals surface area contributed by atoms with E-state index in [-0.39, 0.29) is 6.61 Å². The number of benzene rings is 2. The van der Waals surface area contributed by atoms with Gasteiger partial charge >= 0.3 is 0 Å². The lowest BCUT2D eigenvalue weighted by atomic mass is 10.1. The van der Waals surface area contributed by atoms with Gasteiger partial charge in [0.2, 0.25) is 0 Å². The summed E-state index contributed by atoms with van der Waals surface area (Å²) in [6, 6.07) is 11.6. The van der Waals surface area contributed by atoms with E-state index in [4.69, 9.17) is 16.3 Å². The van der Waals surface area contributed by atoms with Crippen molar-refractivity contribution in [1.29, 1.82) is 0 Å². The second-order valence-corrected chi connectivity index (χ2v) is 8.22. The second kappa shape index (κ2) is 8.99. The third-order valence-electron chi connectivity index (χ3n) is 4.64. The largest absolute Gasteiger partial charge is 0.490 e. The quantitative estimate of drug-likeness (QED) is 0.569. The Hall–Kier alpha value is -2.02. The number of hydrogen-bond donors (Lipinski definition) is 1. The molecule has 28 heavy (non-hydrogen) atoms. The number of nitrogens with zero attached hydrogens (tertiary/aromatic N) is 3. The number of halogens is 1. The van der Waals surface area contributed by atoms with Gasteiger partial charge in [0, 0.05) is 23.4 Å². The summed E-state index contributed by atoms with van der Waals surface area (Å²) in [6.45, 7) is 6.34.